The summed E-state index contributed by atoms with van der Waals surface area (Å²) in [5.41, 5.74) is 1.66. The molecule has 3 saturated heterocycles. The molecule has 2 aromatic rings. The number of rotatable bonds is 8. The topological polar surface area (TPSA) is 166 Å². The van der Waals surface area contributed by atoms with Crippen LogP contribution in [-0.2, 0) is 14.2 Å². The lowest BCUT2D eigenvalue weighted by Gasteiger charge is -2.39. The molecule has 9 atom stereocenters. The highest BCUT2D eigenvalue weighted by Crippen LogP contribution is 2.52. The van der Waals surface area contributed by atoms with Crippen molar-refractivity contribution in [2.75, 3.05) is 41.2 Å². The third-order valence-electron chi connectivity index (χ3n) is 7.70. The second-order valence-corrected chi connectivity index (χ2v) is 9.84. The van der Waals surface area contributed by atoms with Gasteiger partial charge in [0.15, 0.2) is 23.0 Å². The van der Waals surface area contributed by atoms with Crippen LogP contribution in [0.25, 0.3) is 0 Å². The van der Waals surface area contributed by atoms with Crippen molar-refractivity contribution >= 4 is 0 Å². The number of benzene rings is 2. The average molecular weight is 551 g/mol. The fourth-order valence-corrected chi connectivity index (χ4v) is 5.56. The third-order valence-corrected chi connectivity index (χ3v) is 7.70. The molecule has 0 amide bonds. The quantitative estimate of drug-likeness (QED) is 0.312. The molecule has 3 fully saturated rings. The molecule has 5 rings (SSSR count). The highest BCUT2D eigenvalue weighted by Gasteiger charge is 2.49. The van der Waals surface area contributed by atoms with Gasteiger partial charge in [0.1, 0.15) is 24.4 Å². The molecule has 39 heavy (non-hydrogen) atoms. The van der Waals surface area contributed by atoms with E-state index in [1.54, 1.807) is 24.3 Å². The number of phenols is 1. The van der Waals surface area contributed by atoms with Gasteiger partial charge in [0.2, 0.25) is 12.0 Å². The van der Waals surface area contributed by atoms with Crippen molar-refractivity contribution in [2.45, 2.75) is 42.9 Å². The van der Waals surface area contributed by atoms with Gasteiger partial charge in [-0.1, -0.05) is 6.07 Å². The highest BCUT2D eigenvalue weighted by molar-refractivity contribution is 5.53. The second kappa shape index (κ2) is 11.3. The first-order valence-electron chi connectivity index (χ1n) is 12.6. The van der Waals surface area contributed by atoms with Crippen LogP contribution in [0.1, 0.15) is 23.3 Å². The van der Waals surface area contributed by atoms with Crippen LogP contribution in [0.2, 0.25) is 0 Å². The number of fused-ring (bicyclic) bond motifs is 1. The van der Waals surface area contributed by atoms with Crippen molar-refractivity contribution in [3.05, 3.63) is 41.5 Å². The SMILES string of the molecule is COc1cc([C@H]2OC[C@@H]3[C@H]2CO[C@@H]3c2cc(OC)c(O)c(OC)c2)ccc1O[C@@H]1O[C@H](CO)[C@@H](O)[C@H](O)[C@H]1O. The molecule has 0 radical (unpaired) electrons. The Morgan fingerprint density at radius 3 is 1.87 bits per heavy atom. The van der Waals surface area contributed by atoms with Crippen molar-refractivity contribution in [1.82, 2.24) is 0 Å². The summed E-state index contributed by atoms with van der Waals surface area (Å²) in [6.45, 7) is 0.350. The number of hydrogen-bond acceptors (Lipinski definition) is 12. The Labute approximate surface area is 225 Å². The Morgan fingerprint density at radius 1 is 0.744 bits per heavy atom. The predicted molar refractivity (Wildman–Crippen MR) is 133 cm³/mol. The van der Waals surface area contributed by atoms with Crippen LogP contribution < -0.4 is 18.9 Å². The van der Waals surface area contributed by atoms with E-state index in [0.717, 1.165) is 11.1 Å². The van der Waals surface area contributed by atoms with Crippen LogP contribution in [0.5, 0.6) is 28.7 Å². The van der Waals surface area contributed by atoms with Gasteiger partial charge in [0.25, 0.3) is 0 Å². The average Bonchev–Trinajstić information content (AvgIpc) is 3.56. The molecule has 0 aromatic heterocycles. The lowest BCUT2D eigenvalue weighted by atomic mass is 9.84. The molecule has 2 aromatic carbocycles. The first kappa shape index (κ1) is 27.7. The summed E-state index contributed by atoms with van der Waals surface area (Å²) in [6, 6.07) is 8.72. The van der Waals surface area contributed by atoms with E-state index >= 15 is 0 Å². The number of ether oxygens (including phenoxy) is 7. The van der Waals surface area contributed by atoms with E-state index in [0.29, 0.717) is 30.5 Å². The minimum atomic E-state index is -1.56. The monoisotopic (exact) mass is 550 g/mol. The number of hydrogen-bond donors (Lipinski definition) is 5. The summed E-state index contributed by atoms with van der Waals surface area (Å²) in [7, 11) is 4.42. The number of aliphatic hydroxyl groups excluding tert-OH is 4. The molecular weight excluding hydrogens is 516 g/mol. The molecule has 12 nitrogen and oxygen atoms in total. The Kier molecular flexibility index (Phi) is 8.06. The van der Waals surface area contributed by atoms with Crippen molar-refractivity contribution in [3.63, 3.8) is 0 Å². The summed E-state index contributed by atoms with van der Waals surface area (Å²) < 4.78 is 39.8. The minimum Gasteiger partial charge on any atom is -0.502 e. The van der Waals surface area contributed by atoms with Gasteiger partial charge in [-0.2, -0.15) is 0 Å². The molecule has 0 aliphatic carbocycles. The zero-order valence-corrected chi connectivity index (χ0v) is 21.8. The highest BCUT2D eigenvalue weighted by atomic mass is 16.7. The summed E-state index contributed by atoms with van der Waals surface area (Å²) in [6.07, 6.45) is -7.57. The van der Waals surface area contributed by atoms with Gasteiger partial charge < -0.3 is 58.7 Å². The minimum absolute atomic E-state index is 0.0442. The molecule has 0 spiro atoms. The zero-order valence-electron chi connectivity index (χ0n) is 21.8. The predicted octanol–water partition coefficient (Wildman–Crippen LogP) is 0.672. The van der Waals surface area contributed by atoms with Crippen molar-refractivity contribution in [2.24, 2.45) is 11.8 Å². The van der Waals surface area contributed by atoms with E-state index in [1.807, 2.05) is 6.07 Å². The van der Waals surface area contributed by atoms with E-state index in [9.17, 15) is 25.5 Å². The molecule has 0 bridgehead atoms. The van der Waals surface area contributed by atoms with Crippen LogP contribution >= 0.6 is 0 Å². The number of methoxy groups -OCH3 is 3. The lowest BCUT2D eigenvalue weighted by Crippen LogP contribution is -2.60. The summed E-state index contributed by atoms with van der Waals surface area (Å²) >= 11 is 0. The second-order valence-electron chi connectivity index (χ2n) is 9.84. The summed E-state index contributed by atoms with van der Waals surface area (Å²) in [5.74, 6) is 1.20. The molecule has 3 aliphatic heterocycles. The molecule has 12 heteroatoms. The Morgan fingerprint density at radius 2 is 1.31 bits per heavy atom. The van der Waals surface area contributed by atoms with Crippen LogP contribution in [0.4, 0.5) is 0 Å². The van der Waals surface area contributed by atoms with Crippen molar-refractivity contribution < 1.29 is 58.7 Å². The van der Waals surface area contributed by atoms with Crippen LogP contribution in [0.15, 0.2) is 30.3 Å². The number of aliphatic hydroxyl groups is 4. The van der Waals surface area contributed by atoms with Crippen LogP contribution in [0.3, 0.4) is 0 Å². The normalized spacial score (nSPS) is 34.0. The number of phenolic OH excluding ortho intramolecular Hbond substituents is 1. The largest absolute Gasteiger partial charge is 0.502 e. The maximum absolute atomic E-state index is 10.3. The molecule has 5 N–H and O–H groups in total. The first-order valence-corrected chi connectivity index (χ1v) is 12.6. The zero-order chi connectivity index (χ0) is 27.8. The van der Waals surface area contributed by atoms with Gasteiger partial charge in [-0.3, -0.25) is 0 Å². The smallest absolute Gasteiger partial charge is 0.229 e. The van der Waals surface area contributed by atoms with Crippen molar-refractivity contribution in [1.29, 1.82) is 0 Å². The molecule has 0 unspecified atom stereocenters. The molecule has 0 saturated carbocycles. The third kappa shape index (κ3) is 4.97. The first-order chi connectivity index (χ1) is 18.8. The van der Waals surface area contributed by atoms with E-state index in [2.05, 4.69) is 0 Å². The van der Waals surface area contributed by atoms with Gasteiger partial charge in [0.05, 0.1) is 53.4 Å². The standard InChI is InChI=1S/C27H34O12/c1-33-17-6-12(4-5-16(17)38-27-24(32)23(31)22(30)20(9-28)39-27)25-14-10-37-26(15(14)11-36-25)13-7-18(34-2)21(29)19(8-13)35-3/h4-8,14-15,20,22-32H,9-11H2,1-3H3/t14-,15-,20-,22-,23+,24-,25-,26-,27-/m1/s1. The van der Waals surface area contributed by atoms with Gasteiger partial charge in [-0.25, -0.2) is 0 Å². The number of aromatic hydroxyl groups is 1. The Hall–Kier alpha value is -2.84. The molecule has 3 heterocycles. The van der Waals surface area contributed by atoms with E-state index in [1.165, 1.54) is 21.3 Å². The lowest BCUT2D eigenvalue weighted by molar-refractivity contribution is -0.277. The van der Waals surface area contributed by atoms with Crippen molar-refractivity contribution in [3.8, 4) is 28.7 Å². The molecule has 3 aliphatic rings. The maximum atomic E-state index is 10.3. The van der Waals surface area contributed by atoms with Crippen LogP contribution in [-0.4, -0.2) is 97.4 Å². The molecule has 214 valence electrons. The maximum Gasteiger partial charge on any atom is 0.229 e. The Bertz CT molecular complexity index is 1130. The van der Waals surface area contributed by atoms with Gasteiger partial charge >= 0.3 is 0 Å². The van der Waals surface area contributed by atoms with Crippen LogP contribution in [0, 0.1) is 11.8 Å². The summed E-state index contributed by atoms with van der Waals surface area (Å²) in [4.78, 5) is 0. The van der Waals surface area contributed by atoms with Gasteiger partial charge in [-0.15, -0.1) is 0 Å². The van der Waals surface area contributed by atoms with Gasteiger partial charge in [0, 0.05) is 11.8 Å². The van der Waals surface area contributed by atoms with E-state index in [4.69, 9.17) is 33.2 Å². The Balaban J connectivity index is 1.33. The van der Waals surface area contributed by atoms with E-state index < -0.39 is 37.3 Å². The summed E-state index contributed by atoms with van der Waals surface area (Å²) in [5, 5.41) is 50.1. The fraction of sp³-hybridized carbons (Fsp3) is 0.556. The van der Waals surface area contributed by atoms with E-state index in [-0.39, 0.29) is 35.5 Å². The molecular formula is C27H34O12. The fourth-order valence-electron chi connectivity index (χ4n) is 5.56. The van der Waals surface area contributed by atoms with Gasteiger partial charge in [-0.05, 0) is 35.4 Å².